The van der Waals surface area contributed by atoms with Crippen LogP contribution in [0.3, 0.4) is 0 Å². The van der Waals surface area contributed by atoms with Gasteiger partial charge < -0.3 is 5.32 Å². The second-order valence-corrected chi connectivity index (χ2v) is 7.80. The van der Waals surface area contributed by atoms with Gasteiger partial charge in [0.1, 0.15) is 0 Å². The second kappa shape index (κ2) is 8.12. The maximum absolute atomic E-state index is 5.99. The minimum absolute atomic E-state index is 0.427. The van der Waals surface area contributed by atoms with Crippen LogP contribution < -0.4 is 5.32 Å². The summed E-state index contributed by atoms with van der Waals surface area (Å²) in [5, 5.41) is 6.71. The summed E-state index contributed by atoms with van der Waals surface area (Å²) in [5.41, 5.74) is 2.39. The molecule has 134 valence electrons. The van der Waals surface area contributed by atoms with Gasteiger partial charge in [-0.25, -0.2) is 15.0 Å². The Kier molecular flexibility index (Phi) is 5.43. The van der Waals surface area contributed by atoms with Crippen LogP contribution in [0, 0.1) is 0 Å². The predicted molar refractivity (Wildman–Crippen MR) is 106 cm³/mol. The van der Waals surface area contributed by atoms with Crippen molar-refractivity contribution in [3.05, 3.63) is 64.4 Å². The highest BCUT2D eigenvalue weighted by Crippen LogP contribution is 2.27. The van der Waals surface area contributed by atoms with Crippen LogP contribution in [0.15, 0.2) is 48.1 Å². The number of rotatable bonds is 5. The number of nitrogens with one attached hydrogen (secondary N) is 1. The van der Waals surface area contributed by atoms with Gasteiger partial charge in [-0.15, -0.1) is 11.3 Å². The molecule has 0 aliphatic carbocycles. The van der Waals surface area contributed by atoms with Crippen molar-refractivity contribution in [3.63, 3.8) is 0 Å². The molecule has 1 aliphatic rings. The van der Waals surface area contributed by atoms with Gasteiger partial charge in [0.2, 0.25) is 5.95 Å². The molecule has 1 fully saturated rings. The fourth-order valence-corrected chi connectivity index (χ4v) is 3.98. The van der Waals surface area contributed by atoms with Gasteiger partial charge in [-0.3, -0.25) is 4.90 Å². The quantitative estimate of drug-likeness (QED) is 0.689. The van der Waals surface area contributed by atoms with Crippen LogP contribution >= 0.6 is 22.9 Å². The van der Waals surface area contributed by atoms with E-state index < -0.39 is 0 Å². The average molecular weight is 386 g/mol. The highest BCUT2D eigenvalue weighted by Gasteiger charge is 2.23. The Bertz CT molecular complexity index is 837. The van der Waals surface area contributed by atoms with Gasteiger partial charge in [0, 0.05) is 41.8 Å². The first-order valence-corrected chi connectivity index (χ1v) is 9.98. The number of likely N-dealkylation sites (tertiary alicyclic amines) is 1. The van der Waals surface area contributed by atoms with Crippen molar-refractivity contribution < 1.29 is 0 Å². The number of piperidine rings is 1. The van der Waals surface area contributed by atoms with Crippen molar-refractivity contribution in [2.75, 3.05) is 18.4 Å². The van der Waals surface area contributed by atoms with Crippen molar-refractivity contribution in [2.24, 2.45) is 0 Å². The SMILES string of the molecule is Clc1ccc(CN2CCCC(c3ccnc(Nc4nccs4)n3)C2)cc1. The number of benzene rings is 1. The Balaban J connectivity index is 1.43. The van der Waals surface area contributed by atoms with E-state index in [0.29, 0.717) is 11.9 Å². The Labute approximate surface area is 162 Å². The Morgan fingerprint density at radius 3 is 2.85 bits per heavy atom. The molecule has 1 aliphatic heterocycles. The topological polar surface area (TPSA) is 53.9 Å². The molecule has 0 saturated carbocycles. The van der Waals surface area contributed by atoms with Gasteiger partial charge in [0.05, 0.1) is 5.69 Å². The second-order valence-electron chi connectivity index (χ2n) is 6.47. The van der Waals surface area contributed by atoms with E-state index in [4.69, 9.17) is 16.6 Å². The van der Waals surface area contributed by atoms with Crippen LogP contribution in [-0.2, 0) is 6.54 Å². The molecule has 2 aromatic heterocycles. The number of anilines is 2. The summed E-state index contributed by atoms with van der Waals surface area (Å²) in [5.74, 6) is 1.04. The van der Waals surface area contributed by atoms with E-state index in [1.54, 1.807) is 17.5 Å². The number of thiazole rings is 1. The smallest absolute Gasteiger partial charge is 0.229 e. The van der Waals surface area contributed by atoms with Crippen LogP contribution in [0.2, 0.25) is 5.02 Å². The maximum atomic E-state index is 5.99. The van der Waals surface area contributed by atoms with Gasteiger partial charge in [-0.2, -0.15) is 0 Å². The first-order valence-electron chi connectivity index (χ1n) is 8.72. The largest absolute Gasteiger partial charge is 0.300 e. The van der Waals surface area contributed by atoms with Crippen molar-refractivity contribution in [1.82, 2.24) is 19.9 Å². The first-order chi connectivity index (χ1) is 12.8. The summed E-state index contributed by atoms with van der Waals surface area (Å²) in [4.78, 5) is 15.8. The van der Waals surface area contributed by atoms with E-state index in [1.165, 1.54) is 12.0 Å². The third-order valence-electron chi connectivity index (χ3n) is 4.57. The maximum Gasteiger partial charge on any atom is 0.229 e. The molecule has 1 N–H and O–H groups in total. The van der Waals surface area contributed by atoms with Gasteiger partial charge in [0.25, 0.3) is 0 Å². The molecule has 3 heterocycles. The van der Waals surface area contributed by atoms with Gasteiger partial charge in [-0.05, 0) is 43.1 Å². The van der Waals surface area contributed by atoms with E-state index >= 15 is 0 Å². The summed E-state index contributed by atoms with van der Waals surface area (Å²) in [7, 11) is 0. The molecule has 7 heteroatoms. The number of aromatic nitrogens is 3. The van der Waals surface area contributed by atoms with Crippen molar-refractivity contribution >= 4 is 34.0 Å². The molecule has 3 aromatic rings. The molecule has 1 aromatic carbocycles. The van der Waals surface area contributed by atoms with Crippen LogP contribution in [0.25, 0.3) is 0 Å². The van der Waals surface area contributed by atoms with Crippen LogP contribution in [-0.4, -0.2) is 32.9 Å². The zero-order chi connectivity index (χ0) is 17.8. The molecule has 0 bridgehead atoms. The van der Waals surface area contributed by atoms with E-state index in [1.807, 2.05) is 29.8 Å². The standard InChI is InChI=1S/C19H20ClN5S/c20-16-5-3-14(4-6-16)12-25-10-1-2-15(13-25)17-7-8-21-18(23-17)24-19-22-9-11-26-19/h3-9,11,15H,1-2,10,12-13H2,(H,21,22,23,24). The zero-order valence-electron chi connectivity index (χ0n) is 14.3. The Morgan fingerprint density at radius 1 is 1.15 bits per heavy atom. The van der Waals surface area contributed by atoms with Gasteiger partial charge >= 0.3 is 0 Å². The molecule has 0 radical (unpaired) electrons. The average Bonchev–Trinajstić information content (AvgIpc) is 3.17. The molecule has 1 atom stereocenters. The lowest BCUT2D eigenvalue weighted by Gasteiger charge is -2.32. The molecule has 5 nitrogen and oxygen atoms in total. The van der Waals surface area contributed by atoms with Crippen molar-refractivity contribution in [3.8, 4) is 0 Å². The third kappa shape index (κ3) is 4.38. The van der Waals surface area contributed by atoms with Gasteiger partial charge in [-0.1, -0.05) is 23.7 Å². The van der Waals surface area contributed by atoms with E-state index in [0.717, 1.165) is 41.9 Å². The van der Waals surface area contributed by atoms with E-state index in [-0.39, 0.29) is 0 Å². The highest BCUT2D eigenvalue weighted by atomic mass is 35.5. The molecule has 4 rings (SSSR count). The summed E-state index contributed by atoms with van der Waals surface area (Å²) in [6.45, 7) is 3.08. The lowest BCUT2D eigenvalue weighted by Crippen LogP contribution is -2.34. The Hall–Kier alpha value is -2.02. The predicted octanol–water partition coefficient (Wildman–Crippen LogP) is 4.71. The fraction of sp³-hybridized carbons (Fsp3) is 0.316. The molecular formula is C19H20ClN5S. The number of hydrogen-bond acceptors (Lipinski definition) is 6. The summed E-state index contributed by atoms with van der Waals surface area (Å²) >= 11 is 7.53. The first kappa shape index (κ1) is 17.4. The summed E-state index contributed by atoms with van der Waals surface area (Å²) in [6, 6.07) is 10.2. The molecule has 1 saturated heterocycles. The third-order valence-corrected chi connectivity index (χ3v) is 5.51. The van der Waals surface area contributed by atoms with Crippen LogP contribution in [0.1, 0.15) is 30.0 Å². The molecule has 26 heavy (non-hydrogen) atoms. The molecule has 0 spiro atoms. The molecule has 1 unspecified atom stereocenters. The monoisotopic (exact) mass is 385 g/mol. The number of nitrogens with zero attached hydrogens (tertiary/aromatic N) is 4. The zero-order valence-corrected chi connectivity index (χ0v) is 15.9. The van der Waals surface area contributed by atoms with Gasteiger partial charge in [0.15, 0.2) is 5.13 Å². The lowest BCUT2D eigenvalue weighted by molar-refractivity contribution is 0.198. The molecular weight excluding hydrogens is 366 g/mol. The van der Waals surface area contributed by atoms with E-state index in [9.17, 15) is 0 Å². The summed E-state index contributed by atoms with van der Waals surface area (Å²) in [6.07, 6.45) is 5.94. The minimum Gasteiger partial charge on any atom is -0.300 e. The molecule has 0 amide bonds. The van der Waals surface area contributed by atoms with E-state index in [2.05, 4.69) is 32.3 Å². The summed E-state index contributed by atoms with van der Waals surface area (Å²) < 4.78 is 0. The fourth-order valence-electron chi connectivity index (χ4n) is 3.33. The van der Waals surface area contributed by atoms with Crippen LogP contribution in [0.4, 0.5) is 11.1 Å². The van der Waals surface area contributed by atoms with Crippen molar-refractivity contribution in [1.29, 1.82) is 0 Å². The minimum atomic E-state index is 0.427. The van der Waals surface area contributed by atoms with Crippen molar-refractivity contribution in [2.45, 2.75) is 25.3 Å². The van der Waals surface area contributed by atoms with Crippen LogP contribution in [0.5, 0.6) is 0 Å². The Morgan fingerprint density at radius 2 is 2.04 bits per heavy atom. The number of halogens is 1. The normalized spacial score (nSPS) is 18.0. The number of hydrogen-bond donors (Lipinski definition) is 1. The lowest BCUT2D eigenvalue weighted by atomic mass is 9.94. The highest BCUT2D eigenvalue weighted by molar-refractivity contribution is 7.13.